The van der Waals surface area contributed by atoms with E-state index in [0.717, 1.165) is 43.4 Å². The van der Waals surface area contributed by atoms with E-state index in [9.17, 15) is 9.59 Å². The van der Waals surface area contributed by atoms with Gasteiger partial charge < -0.3 is 4.90 Å². The van der Waals surface area contributed by atoms with Gasteiger partial charge in [0.15, 0.2) is 5.78 Å². The number of rotatable bonds is 1. The fraction of sp³-hybridized carbons (Fsp3) is 0.478. The van der Waals surface area contributed by atoms with E-state index < -0.39 is 0 Å². The van der Waals surface area contributed by atoms with E-state index in [1.165, 1.54) is 24.0 Å². The van der Waals surface area contributed by atoms with Crippen molar-refractivity contribution in [3.8, 4) is 0 Å². The van der Waals surface area contributed by atoms with Crippen molar-refractivity contribution in [3.63, 3.8) is 0 Å². The van der Waals surface area contributed by atoms with Crippen LogP contribution in [0.1, 0.15) is 56.9 Å². The number of benzene rings is 1. The fourth-order valence-electron chi connectivity index (χ4n) is 5.94. The van der Waals surface area contributed by atoms with Crippen molar-refractivity contribution in [2.24, 2.45) is 5.92 Å². The molecule has 5 rings (SSSR count). The van der Waals surface area contributed by atoms with Crippen molar-refractivity contribution in [2.75, 3.05) is 6.54 Å². The average Bonchev–Trinajstić information content (AvgIpc) is 2.96. The van der Waals surface area contributed by atoms with Gasteiger partial charge in [-0.3, -0.25) is 9.59 Å². The number of carbonyl (C=O) groups excluding carboxylic acids is 2. The zero-order valence-electron chi connectivity index (χ0n) is 15.2. The molecule has 2 atom stereocenters. The van der Waals surface area contributed by atoms with Crippen LogP contribution in [0.5, 0.6) is 0 Å². The van der Waals surface area contributed by atoms with Crippen LogP contribution in [0.15, 0.2) is 47.1 Å². The van der Waals surface area contributed by atoms with E-state index in [0.29, 0.717) is 24.7 Å². The molecule has 26 heavy (non-hydrogen) atoms. The smallest absolute Gasteiger partial charge is 0.223 e. The summed E-state index contributed by atoms with van der Waals surface area (Å²) in [5, 5.41) is 0. The summed E-state index contributed by atoms with van der Waals surface area (Å²) in [7, 11) is 0. The van der Waals surface area contributed by atoms with Crippen molar-refractivity contribution < 1.29 is 9.59 Å². The molecular weight excluding hydrogens is 322 g/mol. The van der Waals surface area contributed by atoms with Crippen molar-refractivity contribution in [1.82, 2.24) is 4.90 Å². The Morgan fingerprint density at radius 1 is 1.08 bits per heavy atom. The molecule has 1 saturated heterocycles. The molecule has 2 heterocycles. The minimum absolute atomic E-state index is 0.0700. The van der Waals surface area contributed by atoms with E-state index in [1.807, 2.05) is 18.2 Å². The van der Waals surface area contributed by atoms with Crippen LogP contribution in [-0.4, -0.2) is 28.7 Å². The van der Waals surface area contributed by atoms with Gasteiger partial charge in [0.2, 0.25) is 5.91 Å². The molecule has 4 aliphatic rings. The van der Waals surface area contributed by atoms with Crippen molar-refractivity contribution in [1.29, 1.82) is 0 Å². The van der Waals surface area contributed by atoms with Crippen LogP contribution < -0.4 is 0 Å². The first-order chi connectivity index (χ1) is 12.7. The zero-order chi connectivity index (χ0) is 17.7. The first-order valence-electron chi connectivity index (χ1n) is 9.99. The van der Waals surface area contributed by atoms with Crippen LogP contribution in [0, 0.1) is 5.92 Å². The quantitative estimate of drug-likeness (QED) is 0.561. The molecule has 1 amide bonds. The maximum atomic E-state index is 12.8. The van der Waals surface area contributed by atoms with Crippen LogP contribution >= 0.6 is 0 Å². The first-order valence-corrected chi connectivity index (χ1v) is 9.99. The second kappa shape index (κ2) is 5.94. The normalized spacial score (nSPS) is 32.5. The minimum Gasteiger partial charge on any atom is -0.333 e. The Balaban J connectivity index is 1.58. The Morgan fingerprint density at radius 3 is 2.77 bits per heavy atom. The SMILES string of the molecule is O=C1CC2=C(C/C1=C\c1ccccc1)[C@]13CCCC[C@H]1CC(=O)N3CC2. The van der Waals surface area contributed by atoms with Gasteiger partial charge in [0, 0.05) is 25.0 Å². The third-order valence-electron chi connectivity index (χ3n) is 7.07. The summed E-state index contributed by atoms with van der Waals surface area (Å²) in [6, 6.07) is 10.1. The molecule has 2 fully saturated rings. The van der Waals surface area contributed by atoms with Gasteiger partial charge in [-0.2, -0.15) is 0 Å². The lowest BCUT2D eigenvalue weighted by atomic mass is 9.63. The molecule has 1 saturated carbocycles. The number of amides is 1. The van der Waals surface area contributed by atoms with Gasteiger partial charge in [0.1, 0.15) is 0 Å². The maximum absolute atomic E-state index is 12.8. The molecule has 3 heteroatoms. The van der Waals surface area contributed by atoms with Gasteiger partial charge in [-0.05, 0) is 48.8 Å². The van der Waals surface area contributed by atoms with Crippen LogP contribution in [0.25, 0.3) is 6.08 Å². The average molecular weight is 347 g/mol. The number of hydrogen-bond donors (Lipinski definition) is 0. The monoisotopic (exact) mass is 347 g/mol. The van der Waals surface area contributed by atoms with Crippen LogP contribution in [-0.2, 0) is 9.59 Å². The van der Waals surface area contributed by atoms with Crippen molar-refractivity contribution >= 4 is 17.8 Å². The summed E-state index contributed by atoms with van der Waals surface area (Å²) < 4.78 is 0. The van der Waals surface area contributed by atoms with Gasteiger partial charge in [0.05, 0.1) is 5.54 Å². The molecular formula is C23H25NO2. The minimum atomic E-state index is -0.0700. The molecule has 0 aromatic heterocycles. The van der Waals surface area contributed by atoms with Crippen molar-refractivity contribution in [3.05, 3.63) is 52.6 Å². The van der Waals surface area contributed by atoms with E-state index in [4.69, 9.17) is 0 Å². The molecule has 0 radical (unpaired) electrons. The number of ketones is 1. The molecule has 0 bridgehead atoms. The van der Waals surface area contributed by atoms with Gasteiger partial charge in [-0.25, -0.2) is 0 Å². The summed E-state index contributed by atoms with van der Waals surface area (Å²) in [5.74, 6) is 1.07. The molecule has 0 N–H and O–H groups in total. The van der Waals surface area contributed by atoms with Gasteiger partial charge >= 0.3 is 0 Å². The number of nitrogens with zero attached hydrogens (tertiary/aromatic N) is 1. The standard InChI is InChI=1S/C23H25NO2/c25-21-14-17-9-11-24-22(26)15-19-8-4-5-10-23(19,24)20(17)13-18(21)12-16-6-2-1-3-7-16/h1-3,6-7,12,19H,4-5,8-11,13-15H2/b18-12+/t19-,23-/m0/s1. The van der Waals surface area contributed by atoms with Gasteiger partial charge in [-0.1, -0.05) is 48.7 Å². The molecule has 0 unspecified atom stereocenters. The lowest BCUT2D eigenvalue weighted by Gasteiger charge is -2.52. The number of carbonyl (C=O) groups is 2. The highest BCUT2D eigenvalue weighted by Gasteiger charge is 2.57. The highest BCUT2D eigenvalue weighted by molar-refractivity contribution is 6.03. The summed E-state index contributed by atoms with van der Waals surface area (Å²) in [6.07, 6.45) is 9.65. The Morgan fingerprint density at radius 2 is 1.92 bits per heavy atom. The maximum Gasteiger partial charge on any atom is 0.223 e. The van der Waals surface area contributed by atoms with E-state index in [2.05, 4.69) is 23.1 Å². The van der Waals surface area contributed by atoms with E-state index in [-0.39, 0.29) is 11.3 Å². The van der Waals surface area contributed by atoms with Crippen LogP contribution in [0.2, 0.25) is 0 Å². The molecule has 1 spiro atoms. The Kier molecular flexibility index (Phi) is 3.66. The fourth-order valence-corrected chi connectivity index (χ4v) is 5.94. The van der Waals surface area contributed by atoms with Crippen LogP contribution in [0.4, 0.5) is 0 Å². The molecule has 1 aromatic rings. The molecule has 3 nitrogen and oxygen atoms in total. The summed E-state index contributed by atoms with van der Waals surface area (Å²) in [6.45, 7) is 0.819. The second-order valence-corrected chi connectivity index (χ2v) is 8.31. The topological polar surface area (TPSA) is 37.4 Å². The molecule has 2 aliphatic carbocycles. The Bertz CT molecular complexity index is 835. The molecule has 1 aromatic carbocycles. The molecule has 2 aliphatic heterocycles. The van der Waals surface area contributed by atoms with Gasteiger partial charge in [0.25, 0.3) is 0 Å². The highest BCUT2D eigenvalue weighted by Crippen LogP contribution is 2.56. The lowest BCUT2D eigenvalue weighted by Crippen LogP contribution is -2.55. The van der Waals surface area contributed by atoms with E-state index in [1.54, 1.807) is 0 Å². The summed E-state index contributed by atoms with van der Waals surface area (Å²) in [5.41, 5.74) is 4.72. The summed E-state index contributed by atoms with van der Waals surface area (Å²) in [4.78, 5) is 27.7. The van der Waals surface area contributed by atoms with Crippen LogP contribution in [0.3, 0.4) is 0 Å². The number of Topliss-reactive ketones (excluding diaryl/α,β-unsaturated/α-hetero) is 1. The lowest BCUT2D eigenvalue weighted by molar-refractivity contribution is -0.131. The Hall–Kier alpha value is -2.16. The first kappa shape index (κ1) is 16.0. The predicted octanol–water partition coefficient (Wildman–Crippen LogP) is 4.29. The molecule has 134 valence electrons. The third-order valence-corrected chi connectivity index (χ3v) is 7.07. The van der Waals surface area contributed by atoms with E-state index >= 15 is 0 Å². The van der Waals surface area contributed by atoms with Crippen molar-refractivity contribution in [2.45, 2.75) is 56.9 Å². The number of hydrogen-bond acceptors (Lipinski definition) is 2. The largest absolute Gasteiger partial charge is 0.333 e. The highest BCUT2D eigenvalue weighted by atomic mass is 16.2. The van der Waals surface area contributed by atoms with Gasteiger partial charge in [-0.15, -0.1) is 0 Å². The second-order valence-electron chi connectivity index (χ2n) is 8.31. The Labute approximate surface area is 154 Å². The number of allylic oxidation sites excluding steroid dienone is 1. The summed E-state index contributed by atoms with van der Waals surface area (Å²) >= 11 is 0. The predicted molar refractivity (Wildman–Crippen MR) is 101 cm³/mol. The third kappa shape index (κ3) is 2.26. The zero-order valence-corrected chi connectivity index (χ0v) is 15.2.